The van der Waals surface area contributed by atoms with Gasteiger partial charge in [-0.25, -0.2) is 13.4 Å². The van der Waals surface area contributed by atoms with E-state index in [-0.39, 0.29) is 4.90 Å². The Morgan fingerprint density at radius 2 is 1.67 bits per heavy atom. The Morgan fingerprint density at radius 1 is 0.963 bits per heavy atom. The van der Waals surface area contributed by atoms with Gasteiger partial charge in [-0.05, 0) is 43.7 Å². The third kappa shape index (κ3) is 4.86. The Labute approximate surface area is 160 Å². The van der Waals surface area contributed by atoms with E-state index in [2.05, 4.69) is 33.7 Å². The number of hydrogen-bond donors (Lipinski definition) is 1. The molecule has 1 aromatic heterocycles. The second-order valence-corrected chi connectivity index (χ2v) is 8.01. The van der Waals surface area contributed by atoms with Crippen molar-refractivity contribution in [1.29, 1.82) is 0 Å². The Morgan fingerprint density at radius 3 is 2.26 bits per heavy atom. The van der Waals surface area contributed by atoms with Crippen LogP contribution in [0.25, 0.3) is 0 Å². The minimum absolute atomic E-state index is 0.233. The number of aryl methyl sites for hydroxylation is 1. The Bertz CT molecular complexity index is 970. The largest absolute Gasteiger partial charge is 0.353 e. The summed E-state index contributed by atoms with van der Waals surface area (Å²) in [7, 11) is -3.62. The lowest BCUT2D eigenvalue weighted by Crippen LogP contribution is -2.23. The van der Waals surface area contributed by atoms with Gasteiger partial charge in [-0.15, -0.1) is 0 Å². The van der Waals surface area contributed by atoms with Crippen LogP contribution in [0, 0.1) is 6.92 Å². The van der Waals surface area contributed by atoms with Crippen molar-refractivity contribution in [3.63, 3.8) is 0 Å². The van der Waals surface area contributed by atoms with Crippen LogP contribution in [0.5, 0.6) is 0 Å². The van der Waals surface area contributed by atoms with Gasteiger partial charge < -0.3 is 4.90 Å². The van der Waals surface area contributed by atoms with Gasteiger partial charge in [0.25, 0.3) is 10.0 Å². The van der Waals surface area contributed by atoms with Gasteiger partial charge in [0.1, 0.15) is 5.82 Å². The summed E-state index contributed by atoms with van der Waals surface area (Å²) in [6, 6.07) is 20.5. The molecule has 1 N–H and O–H groups in total. The minimum Gasteiger partial charge on any atom is -0.353 e. The van der Waals surface area contributed by atoms with Crippen molar-refractivity contribution < 1.29 is 8.42 Å². The van der Waals surface area contributed by atoms with Crippen LogP contribution in [0.15, 0.2) is 77.8 Å². The van der Waals surface area contributed by atoms with Gasteiger partial charge in [-0.2, -0.15) is 0 Å². The summed E-state index contributed by atoms with van der Waals surface area (Å²) < 4.78 is 27.5. The quantitative estimate of drug-likeness (QED) is 0.666. The summed E-state index contributed by atoms with van der Waals surface area (Å²) in [6.07, 6.45) is 1.55. The van der Waals surface area contributed by atoms with Crippen LogP contribution in [0.2, 0.25) is 0 Å². The maximum absolute atomic E-state index is 12.5. The molecule has 0 saturated carbocycles. The molecule has 0 fully saturated rings. The monoisotopic (exact) mass is 381 g/mol. The van der Waals surface area contributed by atoms with Crippen molar-refractivity contribution in [2.45, 2.75) is 25.3 Å². The highest BCUT2D eigenvalue weighted by Crippen LogP contribution is 2.20. The molecule has 6 heteroatoms. The molecule has 27 heavy (non-hydrogen) atoms. The SMILES string of the molecule is CCN(Cc1ccccc1)c1ccc(NS(=O)(=O)c2ccc(C)cc2)cn1. The summed E-state index contributed by atoms with van der Waals surface area (Å²) in [5.74, 6) is 0.805. The van der Waals surface area contributed by atoms with Crippen LogP contribution in [0.4, 0.5) is 11.5 Å². The molecule has 0 saturated heterocycles. The van der Waals surface area contributed by atoms with Gasteiger partial charge in [0.2, 0.25) is 0 Å². The van der Waals surface area contributed by atoms with Gasteiger partial charge in [0.15, 0.2) is 0 Å². The van der Waals surface area contributed by atoms with Crippen LogP contribution < -0.4 is 9.62 Å². The summed E-state index contributed by atoms with van der Waals surface area (Å²) in [4.78, 5) is 6.80. The fourth-order valence-corrected chi connectivity index (χ4v) is 3.77. The van der Waals surface area contributed by atoms with Crippen LogP contribution in [-0.4, -0.2) is 19.9 Å². The Balaban J connectivity index is 1.73. The minimum atomic E-state index is -3.62. The molecule has 3 aromatic rings. The number of aromatic nitrogens is 1. The third-order valence-electron chi connectivity index (χ3n) is 4.25. The lowest BCUT2D eigenvalue weighted by Gasteiger charge is -2.22. The summed E-state index contributed by atoms with van der Waals surface area (Å²) in [6.45, 7) is 5.54. The summed E-state index contributed by atoms with van der Waals surface area (Å²) >= 11 is 0. The number of nitrogens with one attached hydrogen (secondary N) is 1. The van der Waals surface area contributed by atoms with Gasteiger partial charge in [0, 0.05) is 13.1 Å². The van der Waals surface area contributed by atoms with E-state index in [1.54, 1.807) is 36.5 Å². The molecule has 5 nitrogen and oxygen atoms in total. The molecule has 0 atom stereocenters. The van der Waals surface area contributed by atoms with Crippen molar-refractivity contribution in [3.05, 3.63) is 84.1 Å². The van der Waals surface area contributed by atoms with E-state index in [0.29, 0.717) is 5.69 Å². The zero-order valence-electron chi connectivity index (χ0n) is 15.5. The van der Waals surface area contributed by atoms with Crippen LogP contribution in [0.3, 0.4) is 0 Å². The number of anilines is 2. The number of sulfonamides is 1. The van der Waals surface area contributed by atoms with E-state index in [0.717, 1.165) is 24.5 Å². The number of rotatable bonds is 7. The Kier molecular flexibility index (Phi) is 5.76. The summed E-state index contributed by atoms with van der Waals surface area (Å²) in [5.41, 5.74) is 2.65. The van der Waals surface area contributed by atoms with E-state index in [9.17, 15) is 8.42 Å². The molecule has 0 spiro atoms. The molecule has 0 aliphatic rings. The predicted octanol–water partition coefficient (Wildman–Crippen LogP) is 4.22. The average molecular weight is 382 g/mol. The van der Waals surface area contributed by atoms with Crippen molar-refractivity contribution in [1.82, 2.24) is 4.98 Å². The lowest BCUT2D eigenvalue weighted by molar-refractivity contribution is 0.601. The molecule has 0 radical (unpaired) electrons. The van der Waals surface area contributed by atoms with Crippen LogP contribution in [-0.2, 0) is 16.6 Å². The normalized spacial score (nSPS) is 11.2. The van der Waals surface area contributed by atoms with Crippen LogP contribution in [0.1, 0.15) is 18.1 Å². The fraction of sp³-hybridized carbons (Fsp3) is 0.190. The number of pyridine rings is 1. The molecule has 0 unspecified atom stereocenters. The zero-order chi connectivity index (χ0) is 19.3. The van der Waals surface area contributed by atoms with Gasteiger partial charge in [0.05, 0.1) is 16.8 Å². The number of nitrogens with zero attached hydrogens (tertiary/aromatic N) is 2. The second-order valence-electron chi connectivity index (χ2n) is 6.32. The zero-order valence-corrected chi connectivity index (χ0v) is 16.3. The molecule has 140 valence electrons. The number of hydrogen-bond acceptors (Lipinski definition) is 4. The first-order valence-corrected chi connectivity index (χ1v) is 10.3. The second kappa shape index (κ2) is 8.22. The van der Waals surface area contributed by atoms with Crippen molar-refractivity contribution in [2.75, 3.05) is 16.2 Å². The fourth-order valence-electron chi connectivity index (χ4n) is 2.72. The highest BCUT2D eigenvalue weighted by molar-refractivity contribution is 7.92. The molecule has 2 aromatic carbocycles. The first-order valence-electron chi connectivity index (χ1n) is 8.82. The average Bonchev–Trinajstić information content (AvgIpc) is 2.68. The van der Waals surface area contributed by atoms with Gasteiger partial charge in [-0.1, -0.05) is 48.0 Å². The van der Waals surface area contributed by atoms with Crippen molar-refractivity contribution in [3.8, 4) is 0 Å². The summed E-state index contributed by atoms with van der Waals surface area (Å²) in [5, 5.41) is 0. The molecule has 3 rings (SSSR count). The first-order chi connectivity index (χ1) is 13.0. The van der Waals surface area contributed by atoms with Crippen LogP contribution >= 0.6 is 0 Å². The molecular weight excluding hydrogens is 358 g/mol. The lowest BCUT2D eigenvalue weighted by atomic mass is 10.2. The highest BCUT2D eigenvalue weighted by atomic mass is 32.2. The third-order valence-corrected chi connectivity index (χ3v) is 5.65. The van der Waals surface area contributed by atoms with Gasteiger partial charge >= 0.3 is 0 Å². The van der Waals surface area contributed by atoms with E-state index >= 15 is 0 Å². The highest BCUT2D eigenvalue weighted by Gasteiger charge is 2.14. The molecular formula is C21H23N3O2S. The van der Waals surface area contributed by atoms with E-state index in [4.69, 9.17) is 0 Å². The Hall–Kier alpha value is -2.86. The molecule has 1 heterocycles. The van der Waals surface area contributed by atoms with E-state index < -0.39 is 10.0 Å². The van der Waals surface area contributed by atoms with Crippen molar-refractivity contribution in [2.24, 2.45) is 0 Å². The smallest absolute Gasteiger partial charge is 0.261 e. The van der Waals surface area contributed by atoms with Crippen molar-refractivity contribution >= 4 is 21.5 Å². The maximum Gasteiger partial charge on any atom is 0.261 e. The molecule has 0 amide bonds. The standard InChI is InChI=1S/C21H23N3O2S/c1-3-24(16-18-7-5-4-6-8-18)21-14-11-19(15-22-21)23-27(25,26)20-12-9-17(2)10-13-20/h4-15,23H,3,16H2,1-2H3. The van der Waals surface area contributed by atoms with E-state index in [1.165, 1.54) is 5.56 Å². The topological polar surface area (TPSA) is 62.3 Å². The predicted molar refractivity (Wildman–Crippen MR) is 109 cm³/mol. The molecule has 0 aliphatic carbocycles. The molecule has 0 aliphatic heterocycles. The number of benzene rings is 2. The maximum atomic E-state index is 12.5. The molecule has 0 bridgehead atoms. The van der Waals surface area contributed by atoms with E-state index in [1.807, 2.05) is 31.2 Å². The van der Waals surface area contributed by atoms with Gasteiger partial charge in [-0.3, -0.25) is 4.72 Å². The first kappa shape index (κ1) is 18.9.